The lowest BCUT2D eigenvalue weighted by Crippen LogP contribution is -2.27. The Labute approximate surface area is 115 Å². The SMILES string of the molecule is C#CCOC(=O)NCCC(=O)OCCCCCCC. The second-order valence-electron chi connectivity index (χ2n) is 4.09. The van der Waals surface area contributed by atoms with Crippen LogP contribution in [-0.2, 0) is 14.3 Å². The number of nitrogens with one attached hydrogen (secondary N) is 1. The van der Waals surface area contributed by atoms with Gasteiger partial charge in [0.2, 0.25) is 0 Å². The summed E-state index contributed by atoms with van der Waals surface area (Å²) >= 11 is 0. The van der Waals surface area contributed by atoms with Crippen molar-refractivity contribution in [2.24, 2.45) is 0 Å². The predicted octanol–water partition coefficient (Wildman–Crippen LogP) is 2.25. The van der Waals surface area contributed by atoms with E-state index < -0.39 is 6.09 Å². The average molecular weight is 269 g/mol. The number of hydrogen-bond donors (Lipinski definition) is 1. The van der Waals surface area contributed by atoms with Gasteiger partial charge in [0.1, 0.15) is 0 Å². The Hall–Kier alpha value is -1.70. The van der Waals surface area contributed by atoms with Gasteiger partial charge >= 0.3 is 12.1 Å². The highest BCUT2D eigenvalue weighted by atomic mass is 16.5. The Kier molecular flexibility index (Phi) is 11.6. The van der Waals surface area contributed by atoms with Gasteiger partial charge < -0.3 is 14.8 Å². The molecule has 0 aromatic carbocycles. The van der Waals surface area contributed by atoms with Gasteiger partial charge in [-0.15, -0.1) is 6.42 Å². The summed E-state index contributed by atoms with van der Waals surface area (Å²) < 4.78 is 9.59. The van der Waals surface area contributed by atoms with E-state index in [1.54, 1.807) is 0 Å². The van der Waals surface area contributed by atoms with E-state index in [-0.39, 0.29) is 25.5 Å². The summed E-state index contributed by atoms with van der Waals surface area (Å²) in [4.78, 5) is 22.2. The molecule has 0 saturated heterocycles. The summed E-state index contributed by atoms with van der Waals surface area (Å²) in [5, 5.41) is 2.41. The summed E-state index contributed by atoms with van der Waals surface area (Å²) in [6.07, 6.45) is 10.0. The number of unbranched alkanes of at least 4 members (excludes halogenated alkanes) is 4. The molecule has 0 aromatic rings. The summed E-state index contributed by atoms with van der Waals surface area (Å²) in [6, 6.07) is 0. The van der Waals surface area contributed by atoms with Crippen LogP contribution in [0.5, 0.6) is 0 Å². The van der Waals surface area contributed by atoms with E-state index in [4.69, 9.17) is 11.2 Å². The minimum atomic E-state index is -0.620. The normalized spacial score (nSPS) is 9.47. The summed E-state index contributed by atoms with van der Waals surface area (Å²) in [6.45, 7) is 2.72. The third kappa shape index (κ3) is 12.5. The molecular formula is C14H23NO4. The Morgan fingerprint density at radius 2 is 1.89 bits per heavy atom. The molecule has 0 spiro atoms. The molecule has 0 aromatic heterocycles. The molecule has 1 amide bonds. The van der Waals surface area contributed by atoms with Crippen LogP contribution >= 0.6 is 0 Å². The van der Waals surface area contributed by atoms with Crippen LogP contribution in [0.4, 0.5) is 4.79 Å². The topological polar surface area (TPSA) is 64.6 Å². The molecule has 0 saturated carbocycles. The lowest BCUT2D eigenvalue weighted by atomic mass is 10.2. The highest BCUT2D eigenvalue weighted by Gasteiger charge is 2.05. The van der Waals surface area contributed by atoms with Crippen LogP contribution in [0.15, 0.2) is 0 Å². The van der Waals surface area contributed by atoms with Gasteiger partial charge in [-0.2, -0.15) is 0 Å². The zero-order valence-corrected chi connectivity index (χ0v) is 11.6. The standard InChI is InChI=1S/C14H23NO4/c1-3-5-6-7-8-12-18-13(16)9-10-15-14(17)19-11-4-2/h2H,3,5-12H2,1H3,(H,15,17). The van der Waals surface area contributed by atoms with Gasteiger partial charge in [0.25, 0.3) is 0 Å². The molecule has 0 unspecified atom stereocenters. The van der Waals surface area contributed by atoms with Crippen molar-refractivity contribution < 1.29 is 19.1 Å². The summed E-state index contributed by atoms with van der Waals surface area (Å²) in [5.74, 6) is 1.86. The van der Waals surface area contributed by atoms with E-state index in [1.807, 2.05) is 0 Å². The number of ether oxygens (including phenoxy) is 2. The number of amides is 1. The maximum atomic E-state index is 11.3. The molecule has 0 radical (unpaired) electrons. The van der Waals surface area contributed by atoms with Crippen molar-refractivity contribution in [3.63, 3.8) is 0 Å². The van der Waals surface area contributed by atoms with E-state index in [0.717, 1.165) is 12.8 Å². The van der Waals surface area contributed by atoms with Crippen molar-refractivity contribution in [2.75, 3.05) is 19.8 Å². The van der Waals surface area contributed by atoms with Crippen molar-refractivity contribution in [3.05, 3.63) is 0 Å². The van der Waals surface area contributed by atoms with E-state index in [9.17, 15) is 9.59 Å². The van der Waals surface area contributed by atoms with Crippen LogP contribution in [0.2, 0.25) is 0 Å². The Morgan fingerprint density at radius 3 is 2.58 bits per heavy atom. The first-order valence-electron chi connectivity index (χ1n) is 6.70. The van der Waals surface area contributed by atoms with Crippen molar-refractivity contribution >= 4 is 12.1 Å². The van der Waals surface area contributed by atoms with Crippen LogP contribution in [0.1, 0.15) is 45.4 Å². The maximum Gasteiger partial charge on any atom is 0.408 e. The van der Waals surface area contributed by atoms with Crippen molar-refractivity contribution in [2.45, 2.75) is 45.4 Å². The predicted molar refractivity (Wildman–Crippen MR) is 72.5 cm³/mol. The molecule has 19 heavy (non-hydrogen) atoms. The Morgan fingerprint density at radius 1 is 1.16 bits per heavy atom. The molecule has 108 valence electrons. The number of hydrogen-bond acceptors (Lipinski definition) is 4. The highest BCUT2D eigenvalue weighted by Crippen LogP contribution is 2.02. The molecule has 0 aliphatic carbocycles. The highest BCUT2D eigenvalue weighted by molar-refractivity contribution is 5.71. The molecule has 0 atom stereocenters. The first-order chi connectivity index (χ1) is 9.20. The van der Waals surface area contributed by atoms with Gasteiger partial charge in [0, 0.05) is 6.54 Å². The Bertz CT molecular complexity index is 296. The number of rotatable bonds is 10. The fraction of sp³-hybridized carbons (Fsp3) is 0.714. The quantitative estimate of drug-likeness (QED) is 0.375. The van der Waals surface area contributed by atoms with Gasteiger partial charge in [-0.1, -0.05) is 38.5 Å². The van der Waals surface area contributed by atoms with Crippen molar-refractivity contribution in [3.8, 4) is 12.3 Å². The molecule has 0 heterocycles. The van der Waals surface area contributed by atoms with E-state index in [2.05, 4.69) is 22.9 Å². The molecule has 0 aliphatic rings. The Balaban J connectivity index is 3.35. The summed E-state index contributed by atoms with van der Waals surface area (Å²) in [7, 11) is 0. The number of terminal acetylenes is 1. The van der Waals surface area contributed by atoms with Crippen LogP contribution in [0.3, 0.4) is 0 Å². The molecule has 0 rings (SSSR count). The minimum Gasteiger partial charge on any atom is -0.466 e. The molecule has 0 fully saturated rings. The zero-order valence-electron chi connectivity index (χ0n) is 11.6. The third-order valence-corrected chi connectivity index (χ3v) is 2.40. The molecular weight excluding hydrogens is 246 g/mol. The molecule has 1 N–H and O–H groups in total. The fourth-order valence-corrected chi connectivity index (χ4v) is 1.39. The number of esters is 1. The zero-order chi connectivity index (χ0) is 14.3. The molecule has 5 nitrogen and oxygen atoms in total. The van der Waals surface area contributed by atoms with E-state index in [0.29, 0.717) is 6.61 Å². The fourth-order valence-electron chi connectivity index (χ4n) is 1.39. The smallest absolute Gasteiger partial charge is 0.408 e. The average Bonchev–Trinajstić information content (AvgIpc) is 2.40. The van der Waals surface area contributed by atoms with Crippen molar-refractivity contribution in [1.82, 2.24) is 5.32 Å². The van der Waals surface area contributed by atoms with Gasteiger partial charge in [0.15, 0.2) is 6.61 Å². The van der Waals surface area contributed by atoms with Gasteiger partial charge in [-0.3, -0.25) is 4.79 Å². The van der Waals surface area contributed by atoms with Crippen LogP contribution in [0.25, 0.3) is 0 Å². The van der Waals surface area contributed by atoms with Crippen LogP contribution in [-0.4, -0.2) is 31.8 Å². The van der Waals surface area contributed by atoms with E-state index in [1.165, 1.54) is 19.3 Å². The molecule has 0 aliphatic heterocycles. The summed E-state index contributed by atoms with van der Waals surface area (Å²) in [5.41, 5.74) is 0. The first kappa shape index (κ1) is 17.3. The molecule has 0 bridgehead atoms. The van der Waals surface area contributed by atoms with Gasteiger partial charge in [0.05, 0.1) is 13.0 Å². The number of alkyl carbamates (subject to hydrolysis) is 1. The molecule has 5 heteroatoms. The minimum absolute atomic E-state index is 0.0754. The largest absolute Gasteiger partial charge is 0.466 e. The second kappa shape index (κ2) is 12.7. The van der Waals surface area contributed by atoms with Gasteiger partial charge in [-0.05, 0) is 6.42 Å². The van der Waals surface area contributed by atoms with E-state index >= 15 is 0 Å². The second-order valence-corrected chi connectivity index (χ2v) is 4.09. The third-order valence-electron chi connectivity index (χ3n) is 2.40. The van der Waals surface area contributed by atoms with Crippen molar-refractivity contribution in [1.29, 1.82) is 0 Å². The number of carbonyl (C=O) groups is 2. The van der Waals surface area contributed by atoms with Crippen LogP contribution < -0.4 is 5.32 Å². The monoisotopic (exact) mass is 269 g/mol. The number of carbonyl (C=O) groups excluding carboxylic acids is 2. The maximum absolute atomic E-state index is 11.3. The first-order valence-corrected chi connectivity index (χ1v) is 6.70. The van der Waals surface area contributed by atoms with Crippen LogP contribution in [0, 0.1) is 12.3 Å². The lowest BCUT2D eigenvalue weighted by Gasteiger charge is -2.06. The lowest BCUT2D eigenvalue weighted by molar-refractivity contribution is -0.143. The van der Waals surface area contributed by atoms with Gasteiger partial charge in [-0.25, -0.2) is 4.79 Å².